The van der Waals surface area contributed by atoms with E-state index in [4.69, 9.17) is 4.74 Å². The number of hydrogen-bond donors (Lipinski definition) is 0. The molecule has 0 saturated carbocycles. The normalized spacial score (nSPS) is 10.6. The monoisotopic (exact) mass is 268 g/mol. The number of hydrogen-bond acceptors (Lipinski definition) is 3. The predicted molar refractivity (Wildman–Crippen MR) is 79.2 cm³/mol. The Morgan fingerprint density at radius 2 is 1.89 bits per heavy atom. The van der Waals surface area contributed by atoms with Crippen molar-refractivity contribution in [2.45, 2.75) is 0 Å². The Morgan fingerprint density at radius 1 is 1.11 bits per heavy atom. The van der Waals surface area contributed by atoms with Gasteiger partial charge < -0.3 is 4.74 Å². The number of ether oxygens (including phenoxy) is 1. The second kappa shape index (κ2) is 4.86. The summed E-state index contributed by atoms with van der Waals surface area (Å²) in [4.78, 5) is 11.7. The topological polar surface area (TPSA) is 26.3 Å². The first kappa shape index (κ1) is 11.9. The third-order valence-corrected chi connectivity index (χ3v) is 4.12. The summed E-state index contributed by atoms with van der Waals surface area (Å²) in [5.41, 5.74) is 2.27. The lowest BCUT2D eigenvalue weighted by molar-refractivity contribution is 0.112. The number of carbonyl (C=O) groups is 1. The maximum Gasteiger partial charge on any atom is 0.160 e. The Balaban J connectivity index is 2.17. The molecular weight excluding hydrogens is 256 g/mol. The average molecular weight is 268 g/mol. The Bertz CT molecular complexity index is 726. The summed E-state index contributed by atoms with van der Waals surface area (Å²) in [7, 11) is 1.66. The highest BCUT2D eigenvalue weighted by Crippen LogP contribution is 2.34. The van der Waals surface area contributed by atoms with E-state index in [0.29, 0.717) is 0 Å². The second-order valence-electron chi connectivity index (χ2n) is 4.21. The number of rotatable bonds is 3. The van der Waals surface area contributed by atoms with Gasteiger partial charge in [0.15, 0.2) is 6.29 Å². The smallest absolute Gasteiger partial charge is 0.160 e. The van der Waals surface area contributed by atoms with Gasteiger partial charge in [-0.3, -0.25) is 4.79 Å². The molecule has 0 aliphatic carbocycles. The summed E-state index contributed by atoms with van der Waals surface area (Å²) in [5.74, 6) is 0.842. The van der Waals surface area contributed by atoms with Crippen molar-refractivity contribution in [3.8, 4) is 16.9 Å². The maximum atomic E-state index is 10.9. The fourth-order valence-corrected chi connectivity index (χ4v) is 3.07. The zero-order valence-corrected chi connectivity index (χ0v) is 11.2. The van der Waals surface area contributed by atoms with Crippen LogP contribution >= 0.6 is 11.3 Å². The molecule has 0 amide bonds. The summed E-state index contributed by atoms with van der Waals surface area (Å²) >= 11 is 1.52. The molecule has 0 aliphatic rings. The quantitative estimate of drug-likeness (QED) is 0.658. The van der Waals surface area contributed by atoms with Crippen molar-refractivity contribution in [2.75, 3.05) is 7.11 Å². The van der Waals surface area contributed by atoms with Gasteiger partial charge in [0.2, 0.25) is 0 Å². The van der Waals surface area contributed by atoms with Gasteiger partial charge in [0.1, 0.15) is 5.75 Å². The van der Waals surface area contributed by atoms with E-state index in [1.165, 1.54) is 11.3 Å². The van der Waals surface area contributed by atoms with Crippen LogP contribution in [0.15, 0.2) is 48.5 Å². The number of thiophene rings is 1. The molecule has 3 rings (SSSR count). The van der Waals surface area contributed by atoms with E-state index in [9.17, 15) is 4.79 Å². The van der Waals surface area contributed by atoms with Crippen molar-refractivity contribution < 1.29 is 9.53 Å². The highest BCUT2D eigenvalue weighted by molar-refractivity contribution is 7.20. The third-order valence-electron chi connectivity index (χ3n) is 3.10. The van der Waals surface area contributed by atoms with Gasteiger partial charge in [0.25, 0.3) is 0 Å². The average Bonchev–Trinajstić information content (AvgIpc) is 2.90. The maximum absolute atomic E-state index is 10.9. The molecule has 0 spiro atoms. The summed E-state index contributed by atoms with van der Waals surface area (Å²) in [6.45, 7) is 0. The molecule has 3 aromatic rings. The van der Waals surface area contributed by atoms with Crippen molar-refractivity contribution >= 4 is 27.7 Å². The molecule has 2 aromatic carbocycles. The first-order chi connectivity index (χ1) is 9.31. The van der Waals surface area contributed by atoms with Crippen LogP contribution in [-0.2, 0) is 0 Å². The minimum atomic E-state index is 0.760. The van der Waals surface area contributed by atoms with Crippen molar-refractivity contribution in [1.82, 2.24) is 0 Å². The van der Waals surface area contributed by atoms with E-state index in [1.54, 1.807) is 7.11 Å². The van der Waals surface area contributed by atoms with E-state index in [0.717, 1.165) is 38.1 Å². The van der Waals surface area contributed by atoms with E-state index < -0.39 is 0 Å². The van der Waals surface area contributed by atoms with Crippen molar-refractivity contribution in [3.63, 3.8) is 0 Å². The van der Waals surface area contributed by atoms with E-state index in [-0.39, 0.29) is 0 Å². The van der Waals surface area contributed by atoms with Crippen LogP contribution < -0.4 is 4.74 Å². The number of benzene rings is 2. The predicted octanol–water partition coefficient (Wildman–Crippen LogP) is 4.39. The fourth-order valence-electron chi connectivity index (χ4n) is 2.16. The summed E-state index contributed by atoms with van der Waals surface area (Å²) < 4.78 is 6.30. The Hall–Kier alpha value is -2.13. The largest absolute Gasteiger partial charge is 0.497 e. The van der Waals surface area contributed by atoms with Crippen LogP contribution in [0.2, 0.25) is 0 Å². The SMILES string of the molecule is COc1ccc(-c2cccc3sc(C=O)cc23)cc1. The molecule has 0 N–H and O–H groups in total. The van der Waals surface area contributed by atoms with Gasteiger partial charge in [-0.1, -0.05) is 24.3 Å². The van der Waals surface area contributed by atoms with Crippen molar-refractivity contribution in [3.05, 3.63) is 53.4 Å². The van der Waals surface area contributed by atoms with Crippen LogP contribution in [0.5, 0.6) is 5.75 Å². The molecule has 19 heavy (non-hydrogen) atoms. The number of fused-ring (bicyclic) bond motifs is 1. The highest BCUT2D eigenvalue weighted by atomic mass is 32.1. The van der Waals surface area contributed by atoms with E-state index in [1.807, 2.05) is 42.5 Å². The molecule has 0 radical (unpaired) electrons. The molecule has 0 unspecified atom stereocenters. The zero-order valence-electron chi connectivity index (χ0n) is 10.4. The number of aldehydes is 1. The second-order valence-corrected chi connectivity index (χ2v) is 5.33. The molecule has 0 aliphatic heterocycles. The zero-order chi connectivity index (χ0) is 13.2. The van der Waals surface area contributed by atoms with Crippen molar-refractivity contribution in [1.29, 1.82) is 0 Å². The minimum Gasteiger partial charge on any atom is -0.497 e. The van der Waals surface area contributed by atoms with E-state index in [2.05, 4.69) is 6.07 Å². The van der Waals surface area contributed by atoms with Gasteiger partial charge in [-0.25, -0.2) is 0 Å². The summed E-state index contributed by atoms with van der Waals surface area (Å²) in [5, 5.41) is 1.12. The standard InChI is InChI=1S/C16H12O2S/c1-18-12-7-5-11(6-8-12)14-3-2-4-16-15(14)9-13(10-17)19-16/h2-10H,1H3. The minimum absolute atomic E-state index is 0.760. The molecule has 2 nitrogen and oxygen atoms in total. The lowest BCUT2D eigenvalue weighted by atomic mass is 10.0. The van der Waals surface area contributed by atoms with Crippen LogP contribution in [0.3, 0.4) is 0 Å². The molecule has 0 fully saturated rings. The Kier molecular flexibility index (Phi) is 3.05. The molecule has 0 bridgehead atoms. The van der Waals surface area contributed by atoms with Gasteiger partial charge in [0, 0.05) is 10.1 Å². The van der Waals surface area contributed by atoms with E-state index >= 15 is 0 Å². The number of methoxy groups -OCH3 is 1. The van der Waals surface area contributed by atoms with Gasteiger partial charge in [0.05, 0.1) is 12.0 Å². The summed E-state index contributed by atoms with van der Waals surface area (Å²) in [6, 6.07) is 16.0. The van der Waals surface area contributed by atoms with Crippen LogP contribution in [0.4, 0.5) is 0 Å². The number of carbonyl (C=O) groups excluding carboxylic acids is 1. The molecular formula is C16H12O2S. The van der Waals surface area contributed by atoms with Crippen LogP contribution in [0.1, 0.15) is 9.67 Å². The lowest BCUT2D eigenvalue weighted by Gasteiger charge is -2.05. The molecule has 94 valence electrons. The van der Waals surface area contributed by atoms with Crippen molar-refractivity contribution in [2.24, 2.45) is 0 Å². The third kappa shape index (κ3) is 2.13. The molecule has 1 aromatic heterocycles. The molecule has 0 atom stereocenters. The van der Waals surface area contributed by atoms with Gasteiger partial charge in [-0.05, 0) is 35.4 Å². The van der Waals surface area contributed by atoms with Gasteiger partial charge in [-0.15, -0.1) is 11.3 Å². The first-order valence-corrected chi connectivity index (χ1v) is 6.75. The van der Waals surface area contributed by atoms with Gasteiger partial charge >= 0.3 is 0 Å². The molecule has 0 saturated heterocycles. The lowest BCUT2D eigenvalue weighted by Crippen LogP contribution is -1.83. The summed E-state index contributed by atoms with van der Waals surface area (Å²) in [6.07, 6.45) is 0.905. The van der Waals surface area contributed by atoms with Crippen LogP contribution in [-0.4, -0.2) is 13.4 Å². The Morgan fingerprint density at radius 3 is 2.58 bits per heavy atom. The van der Waals surface area contributed by atoms with Crippen LogP contribution in [0.25, 0.3) is 21.2 Å². The van der Waals surface area contributed by atoms with Gasteiger partial charge in [-0.2, -0.15) is 0 Å². The first-order valence-electron chi connectivity index (χ1n) is 5.94. The fraction of sp³-hybridized carbons (Fsp3) is 0.0625. The van der Waals surface area contributed by atoms with Crippen LogP contribution in [0, 0.1) is 0 Å². The Labute approximate surface area is 115 Å². The highest BCUT2D eigenvalue weighted by Gasteiger charge is 2.07. The molecule has 3 heteroatoms. The molecule has 1 heterocycles.